The van der Waals surface area contributed by atoms with Gasteiger partial charge < -0.3 is 16.0 Å². The second-order valence-electron chi connectivity index (χ2n) is 4.11. The second-order valence-corrected chi connectivity index (χ2v) is 4.50. The standard InChI is InChI=1S/C13H17N3O2S/c1-10(17)15-13(19)16(8-7-12(14)18)9-11-5-3-2-4-6-11/h2-6H,7-9H2,1H3,(H2,14,18)(H,15,17,19). The number of rotatable bonds is 5. The number of nitrogens with two attached hydrogens (primary N) is 1. The third-order valence-corrected chi connectivity index (χ3v) is 2.77. The number of nitrogens with one attached hydrogen (secondary N) is 1. The van der Waals surface area contributed by atoms with E-state index in [4.69, 9.17) is 18.0 Å². The number of hydrogen-bond donors (Lipinski definition) is 2. The fourth-order valence-electron chi connectivity index (χ4n) is 1.53. The van der Waals surface area contributed by atoms with E-state index in [0.29, 0.717) is 18.2 Å². The molecule has 0 aliphatic rings. The molecule has 0 spiro atoms. The molecular formula is C13H17N3O2S. The van der Waals surface area contributed by atoms with E-state index in [1.807, 2.05) is 30.3 Å². The van der Waals surface area contributed by atoms with Gasteiger partial charge in [-0.25, -0.2) is 0 Å². The highest BCUT2D eigenvalue weighted by Gasteiger charge is 2.12. The van der Waals surface area contributed by atoms with E-state index in [2.05, 4.69) is 5.32 Å². The second kappa shape index (κ2) is 7.48. The summed E-state index contributed by atoms with van der Waals surface area (Å²) >= 11 is 5.14. The summed E-state index contributed by atoms with van der Waals surface area (Å²) in [5.74, 6) is -0.633. The SMILES string of the molecule is CC(=O)NC(=S)N(CCC(N)=O)Cc1ccccc1. The summed E-state index contributed by atoms with van der Waals surface area (Å²) in [7, 11) is 0. The zero-order valence-corrected chi connectivity index (χ0v) is 11.6. The quantitative estimate of drug-likeness (QED) is 0.781. The smallest absolute Gasteiger partial charge is 0.222 e. The van der Waals surface area contributed by atoms with E-state index < -0.39 is 5.91 Å². The highest BCUT2D eigenvalue weighted by molar-refractivity contribution is 7.80. The summed E-state index contributed by atoms with van der Waals surface area (Å²) in [6.45, 7) is 2.29. The Morgan fingerprint density at radius 1 is 1.32 bits per heavy atom. The van der Waals surface area contributed by atoms with Crippen LogP contribution in [0, 0.1) is 0 Å². The van der Waals surface area contributed by atoms with Gasteiger partial charge in [0.25, 0.3) is 0 Å². The number of amides is 2. The number of carbonyl (C=O) groups is 2. The number of hydrogen-bond acceptors (Lipinski definition) is 3. The van der Waals surface area contributed by atoms with Crippen LogP contribution < -0.4 is 11.1 Å². The van der Waals surface area contributed by atoms with Crippen molar-refractivity contribution in [2.75, 3.05) is 6.54 Å². The number of thiocarbonyl (C=S) groups is 1. The normalized spacial score (nSPS) is 9.74. The van der Waals surface area contributed by atoms with Crippen LogP contribution in [0.3, 0.4) is 0 Å². The molecule has 1 rings (SSSR count). The van der Waals surface area contributed by atoms with Crippen molar-refractivity contribution in [3.63, 3.8) is 0 Å². The van der Waals surface area contributed by atoms with Crippen LogP contribution in [-0.2, 0) is 16.1 Å². The molecule has 0 aliphatic carbocycles. The molecule has 0 aliphatic heterocycles. The zero-order chi connectivity index (χ0) is 14.3. The minimum Gasteiger partial charge on any atom is -0.370 e. The average Bonchev–Trinajstić information content (AvgIpc) is 2.34. The van der Waals surface area contributed by atoms with E-state index in [0.717, 1.165) is 5.56 Å². The summed E-state index contributed by atoms with van der Waals surface area (Å²) in [5.41, 5.74) is 6.18. The summed E-state index contributed by atoms with van der Waals surface area (Å²) in [5, 5.41) is 2.86. The maximum absolute atomic E-state index is 11.0. The summed E-state index contributed by atoms with van der Waals surface area (Å²) in [6, 6.07) is 9.66. The molecule has 0 aromatic heterocycles. The van der Waals surface area contributed by atoms with Crippen molar-refractivity contribution in [1.82, 2.24) is 10.2 Å². The van der Waals surface area contributed by atoms with E-state index in [1.54, 1.807) is 4.90 Å². The lowest BCUT2D eigenvalue weighted by Crippen LogP contribution is -2.42. The molecule has 0 heterocycles. The Labute approximate surface area is 117 Å². The number of nitrogens with zero attached hydrogens (tertiary/aromatic N) is 1. The molecule has 0 atom stereocenters. The van der Waals surface area contributed by atoms with Crippen LogP contribution in [0.5, 0.6) is 0 Å². The third kappa shape index (κ3) is 5.96. The van der Waals surface area contributed by atoms with E-state index >= 15 is 0 Å². The third-order valence-electron chi connectivity index (χ3n) is 2.41. The molecular weight excluding hydrogens is 262 g/mol. The van der Waals surface area contributed by atoms with Gasteiger partial charge in [-0.3, -0.25) is 9.59 Å². The van der Waals surface area contributed by atoms with E-state index in [9.17, 15) is 9.59 Å². The summed E-state index contributed by atoms with van der Waals surface area (Å²) < 4.78 is 0. The van der Waals surface area contributed by atoms with Crippen LogP contribution in [0.15, 0.2) is 30.3 Å². The van der Waals surface area contributed by atoms with Gasteiger partial charge in [-0.1, -0.05) is 30.3 Å². The average molecular weight is 279 g/mol. The van der Waals surface area contributed by atoms with Crippen molar-refractivity contribution < 1.29 is 9.59 Å². The van der Waals surface area contributed by atoms with Crippen LogP contribution >= 0.6 is 12.2 Å². The predicted octanol–water partition coefficient (Wildman–Crippen LogP) is 0.785. The Balaban J connectivity index is 2.71. The van der Waals surface area contributed by atoms with Crippen LogP contribution in [-0.4, -0.2) is 28.4 Å². The fraction of sp³-hybridized carbons (Fsp3) is 0.308. The van der Waals surface area contributed by atoms with Crippen molar-refractivity contribution in [2.24, 2.45) is 5.73 Å². The molecule has 3 N–H and O–H groups in total. The molecule has 6 heteroatoms. The number of carbonyl (C=O) groups excluding carboxylic acids is 2. The fourth-order valence-corrected chi connectivity index (χ4v) is 1.83. The van der Waals surface area contributed by atoms with Crippen LogP contribution in [0.1, 0.15) is 18.9 Å². The molecule has 0 bridgehead atoms. The molecule has 102 valence electrons. The highest BCUT2D eigenvalue weighted by atomic mass is 32.1. The Morgan fingerprint density at radius 3 is 2.47 bits per heavy atom. The first-order valence-electron chi connectivity index (χ1n) is 5.87. The van der Waals surface area contributed by atoms with Crippen LogP contribution in [0.2, 0.25) is 0 Å². The monoisotopic (exact) mass is 279 g/mol. The van der Waals surface area contributed by atoms with E-state index in [-0.39, 0.29) is 12.3 Å². The van der Waals surface area contributed by atoms with E-state index in [1.165, 1.54) is 6.92 Å². The van der Waals surface area contributed by atoms with Crippen molar-refractivity contribution in [2.45, 2.75) is 19.9 Å². The first kappa shape index (κ1) is 15.1. The molecule has 0 fully saturated rings. The van der Waals surface area contributed by atoms with Gasteiger partial charge >= 0.3 is 0 Å². The molecule has 1 aromatic rings. The molecule has 1 aromatic carbocycles. The van der Waals surface area contributed by atoms with Crippen molar-refractivity contribution >= 4 is 29.1 Å². The van der Waals surface area contributed by atoms with Crippen LogP contribution in [0.4, 0.5) is 0 Å². The minimum atomic E-state index is -0.399. The lowest BCUT2D eigenvalue weighted by molar-refractivity contribution is -0.118. The maximum Gasteiger partial charge on any atom is 0.222 e. The van der Waals surface area contributed by atoms with Gasteiger partial charge in [0.1, 0.15) is 0 Å². The Bertz CT molecular complexity index is 462. The van der Waals surface area contributed by atoms with Gasteiger partial charge in [-0.15, -0.1) is 0 Å². The van der Waals surface area contributed by atoms with Crippen molar-refractivity contribution in [3.05, 3.63) is 35.9 Å². The molecule has 5 nitrogen and oxygen atoms in total. The first-order valence-corrected chi connectivity index (χ1v) is 6.28. The van der Waals surface area contributed by atoms with Gasteiger partial charge in [0.2, 0.25) is 11.8 Å². The first-order chi connectivity index (χ1) is 8.99. The number of benzene rings is 1. The predicted molar refractivity (Wildman–Crippen MR) is 77.1 cm³/mol. The van der Waals surface area contributed by atoms with Gasteiger partial charge in [0.15, 0.2) is 5.11 Å². The van der Waals surface area contributed by atoms with Crippen molar-refractivity contribution in [3.8, 4) is 0 Å². The largest absolute Gasteiger partial charge is 0.370 e. The number of primary amides is 1. The molecule has 0 saturated carbocycles. The summed E-state index contributed by atoms with van der Waals surface area (Å²) in [4.78, 5) is 23.6. The minimum absolute atomic E-state index is 0.187. The Hall–Kier alpha value is -1.95. The van der Waals surface area contributed by atoms with Crippen LogP contribution in [0.25, 0.3) is 0 Å². The Morgan fingerprint density at radius 2 is 1.95 bits per heavy atom. The molecule has 19 heavy (non-hydrogen) atoms. The Kier molecular flexibility index (Phi) is 5.95. The molecule has 0 radical (unpaired) electrons. The van der Waals surface area contributed by atoms with Crippen molar-refractivity contribution in [1.29, 1.82) is 0 Å². The van der Waals surface area contributed by atoms with Gasteiger partial charge in [0, 0.05) is 26.4 Å². The highest BCUT2D eigenvalue weighted by Crippen LogP contribution is 2.05. The molecule has 0 unspecified atom stereocenters. The maximum atomic E-state index is 11.0. The van der Waals surface area contributed by atoms with Gasteiger partial charge in [-0.05, 0) is 17.8 Å². The lowest BCUT2D eigenvalue weighted by atomic mass is 10.2. The summed E-state index contributed by atoms with van der Waals surface area (Å²) in [6.07, 6.45) is 0.187. The topological polar surface area (TPSA) is 75.4 Å². The van der Waals surface area contributed by atoms with Gasteiger partial charge in [0.05, 0.1) is 0 Å². The van der Waals surface area contributed by atoms with Gasteiger partial charge in [-0.2, -0.15) is 0 Å². The molecule has 2 amide bonds. The zero-order valence-electron chi connectivity index (χ0n) is 10.8. The lowest BCUT2D eigenvalue weighted by Gasteiger charge is -2.24. The molecule has 0 saturated heterocycles.